The van der Waals surface area contributed by atoms with Gasteiger partial charge in [0.05, 0.1) is 12.7 Å². The fraction of sp³-hybridized carbons (Fsp3) is 0.381. The fourth-order valence-corrected chi connectivity index (χ4v) is 3.72. The van der Waals surface area contributed by atoms with Gasteiger partial charge in [-0.25, -0.2) is 4.39 Å². The minimum atomic E-state index is -1.12. The number of amides is 2. The molecule has 0 bridgehead atoms. The molecule has 30 heavy (non-hydrogen) atoms. The van der Waals surface area contributed by atoms with Crippen LogP contribution in [0.5, 0.6) is 5.75 Å². The highest BCUT2D eigenvalue weighted by molar-refractivity contribution is 5.97. The molecular weight excluding hydrogens is 396 g/mol. The van der Waals surface area contributed by atoms with E-state index in [1.807, 2.05) is 20.8 Å². The highest BCUT2D eigenvalue weighted by atomic mass is 19.2. The minimum Gasteiger partial charge on any atom is -0.493 e. The third-order valence-corrected chi connectivity index (χ3v) is 5.57. The number of nitrogens with zero attached hydrogens (tertiary/aromatic N) is 1. The molecule has 1 fully saturated rings. The molecule has 3 N–H and O–H groups in total. The lowest BCUT2D eigenvalue weighted by Gasteiger charge is -2.25. The van der Waals surface area contributed by atoms with Gasteiger partial charge in [0.25, 0.3) is 11.8 Å². The monoisotopic (exact) mass is 419 g/mol. The van der Waals surface area contributed by atoms with Crippen LogP contribution in [0.2, 0.25) is 0 Å². The normalized spacial score (nSPS) is 22.5. The van der Waals surface area contributed by atoms with E-state index in [-0.39, 0.29) is 17.4 Å². The number of primary amides is 1. The number of methoxy groups -OCH3 is 1. The van der Waals surface area contributed by atoms with Crippen molar-refractivity contribution in [3.63, 3.8) is 0 Å². The van der Waals surface area contributed by atoms with Crippen molar-refractivity contribution in [2.45, 2.75) is 38.4 Å². The van der Waals surface area contributed by atoms with E-state index in [0.29, 0.717) is 11.3 Å². The van der Waals surface area contributed by atoms with Gasteiger partial charge in [-0.05, 0) is 38.0 Å². The number of rotatable bonds is 5. The molecule has 7 nitrogen and oxygen atoms in total. The molecule has 1 aliphatic rings. The van der Waals surface area contributed by atoms with Gasteiger partial charge in [-0.2, -0.15) is 4.39 Å². The predicted molar refractivity (Wildman–Crippen MR) is 105 cm³/mol. The van der Waals surface area contributed by atoms with Crippen LogP contribution in [0, 0.1) is 17.6 Å². The van der Waals surface area contributed by atoms with E-state index >= 15 is 0 Å². The van der Waals surface area contributed by atoms with Crippen molar-refractivity contribution in [1.29, 1.82) is 0 Å². The molecule has 0 aliphatic carbocycles. The summed E-state index contributed by atoms with van der Waals surface area (Å²) in [5, 5.41) is 2.68. The van der Waals surface area contributed by atoms with Crippen LogP contribution in [0.15, 0.2) is 30.5 Å². The molecule has 0 spiro atoms. The summed E-state index contributed by atoms with van der Waals surface area (Å²) in [7, 11) is 1.24. The van der Waals surface area contributed by atoms with E-state index in [9.17, 15) is 18.4 Å². The summed E-state index contributed by atoms with van der Waals surface area (Å²) in [5.74, 6) is -4.50. The van der Waals surface area contributed by atoms with Crippen molar-refractivity contribution in [1.82, 2.24) is 4.98 Å². The molecule has 1 saturated heterocycles. The van der Waals surface area contributed by atoms with Gasteiger partial charge in [0, 0.05) is 23.4 Å². The number of pyridine rings is 1. The number of benzene rings is 1. The number of nitrogens with one attached hydrogen (secondary N) is 1. The SMILES string of the molecule is COc1c([C@@H]2[C@@H](C(=O)Nc3ccnc(C(N)=O)c3)OC(C)(C)[C@H]2C)ccc(F)c1F. The van der Waals surface area contributed by atoms with E-state index in [4.69, 9.17) is 15.2 Å². The Morgan fingerprint density at radius 2 is 1.97 bits per heavy atom. The Balaban J connectivity index is 1.98. The van der Waals surface area contributed by atoms with E-state index in [0.717, 1.165) is 6.07 Å². The number of anilines is 1. The summed E-state index contributed by atoms with van der Waals surface area (Å²) in [4.78, 5) is 28.2. The maximum absolute atomic E-state index is 14.3. The zero-order valence-corrected chi connectivity index (χ0v) is 17.0. The number of aromatic nitrogens is 1. The van der Waals surface area contributed by atoms with E-state index < -0.39 is 41.1 Å². The number of hydrogen-bond acceptors (Lipinski definition) is 5. The Morgan fingerprint density at radius 3 is 2.60 bits per heavy atom. The summed E-state index contributed by atoms with van der Waals surface area (Å²) in [6.45, 7) is 5.51. The van der Waals surface area contributed by atoms with Crippen LogP contribution in [-0.2, 0) is 9.53 Å². The fourth-order valence-electron chi connectivity index (χ4n) is 3.72. The smallest absolute Gasteiger partial charge is 0.267 e. The zero-order chi connectivity index (χ0) is 22.2. The van der Waals surface area contributed by atoms with Crippen molar-refractivity contribution >= 4 is 17.5 Å². The Labute approximate surface area is 172 Å². The molecular formula is C21H23F2N3O4. The highest BCUT2D eigenvalue weighted by Gasteiger charge is 2.51. The molecule has 2 heterocycles. The molecule has 0 radical (unpaired) electrons. The summed E-state index contributed by atoms with van der Waals surface area (Å²) in [6.07, 6.45) is 0.326. The summed E-state index contributed by atoms with van der Waals surface area (Å²) in [6, 6.07) is 5.25. The van der Waals surface area contributed by atoms with Gasteiger partial charge in [0.15, 0.2) is 11.6 Å². The lowest BCUT2D eigenvalue weighted by molar-refractivity contribution is -0.131. The molecule has 9 heteroatoms. The zero-order valence-electron chi connectivity index (χ0n) is 17.0. The molecule has 1 aromatic heterocycles. The summed E-state index contributed by atoms with van der Waals surface area (Å²) in [5.41, 5.74) is 5.14. The first kappa shape index (κ1) is 21.6. The van der Waals surface area contributed by atoms with Gasteiger partial charge in [0.1, 0.15) is 11.8 Å². The van der Waals surface area contributed by atoms with Crippen molar-refractivity contribution < 1.29 is 27.8 Å². The van der Waals surface area contributed by atoms with Crippen molar-refractivity contribution in [2.75, 3.05) is 12.4 Å². The molecule has 0 unspecified atom stereocenters. The molecule has 1 aliphatic heterocycles. The molecule has 160 valence electrons. The van der Waals surface area contributed by atoms with Crippen LogP contribution in [0.25, 0.3) is 0 Å². The first-order valence-corrected chi connectivity index (χ1v) is 9.33. The number of ether oxygens (including phenoxy) is 2. The Bertz CT molecular complexity index is 996. The third kappa shape index (κ3) is 3.85. The van der Waals surface area contributed by atoms with Gasteiger partial charge in [-0.15, -0.1) is 0 Å². The topological polar surface area (TPSA) is 104 Å². The maximum Gasteiger partial charge on any atom is 0.267 e. The molecule has 1 aromatic carbocycles. The van der Waals surface area contributed by atoms with Crippen LogP contribution < -0.4 is 15.8 Å². The average Bonchev–Trinajstić information content (AvgIpc) is 2.93. The van der Waals surface area contributed by atoms with Crippen molar-refractivity contribution in [3.8, 4) is 5.75 Å². The van der Waals surface area contributed by atoms with E-state index in [2.05, 4.69) is 10.3 Å². The van der Waals surface area contributed by atoms with Crippen molar-refractivity contribution in [3.05, 3.63) is 53.4 Å². The second-order valence-electron chi connectivity index (χ2n) is 7.72. The molecule has 2 amide bonds. The number of hydrogen-bond donors (Lipinski definition) is 2. The summed E-state index contributed by atoms with van der Waals surface area (Å²) < 4.78 is 39.2. The maximum atomic E-state index is 14.3. The van der Waals surface area contributed by atoms with Crippen LogP contribution in [-0.4, -0.2) is 35.6 Å². The lowest BCUT2D eigenvalue weighted by Crippen LogP contribution is -2.33. The van der Waals surface area contributed by atoms with Gasteiger partial charge in [-0.1, -0.05) is 13.0 Å². The largest absolute Gasteiger partial charge is 0.493 e. The standard InChI is InChI=1S/C21H23F2N3O4/c1-10-15(12-5-6-13(22)16(23)17(12)29-4)18(30-21(10,2)3)20(28)26-11-7-8-25-14(9-11)19(24)27/h5-10,15,18H,1-4H3,(H2,24,27)(H,25,26,28)/t10-,15+,18-/m0/s1. The predicted octanol–water partition coefficient (Wildman–Crippen LogP) is 3.00. The first-order chi connectivity index (χ1) is 14.1. The minimum absolute atomic E-state index is 0.00679. The molecule has 3 rings (SSSR count). The van der Waals surface area contributed by atoms with Gasteiger partial charge in [0.2, 0.25) is 5.82 Å². The van der Waals surface area contributed by atoms with Gasteiger partial charge in [-0.3, -0.25) is 14.6 Å². The van der Waals surface area contributed by atoms with Crippen LogP contribution >= 0.6 is 0 Å². The van der Waals surface area contributed by atoms with Crippen LogP contribution in [0.4, 0.5) is 14.5 Å². The Kier molecular flexibility index (Phi) is 5.76. The lowest BCUT2D eigenvalue weighted by atomic mass is 9.78. The van der Waals surface area contributed by atoms with Crippen molar-refractivity contribution in [2.24, 2.45) is 11.7 Å². The van der Waals surface area contributed by atoms with E-state index in [1.54, 1.807) is 0 Å². The second kappa shape index (κ2) is 7.98. The van der Waals surface area contributed by atoms with Gasteiger partial charge < -0.3 is 20.5 Å². The Hall–Kier alpha value is -3.07. The number of carbonyl (C=O) groups excluding carboxylic acids is 2. The summed E-state index contributed by atoms with van der Waals surface area (Å²) >= 11 is 0. The molecule has 2 aromatic rings. The quantitative estimate of drug-likeness (QED) is 0.776. The number of nitrogens with two attached hydrogens (primary N) is 1. The first-order valence-electron chi connectivity index (χ1n) is 9.33. The second-order valence-corrected chi connectivity index (χ2v) is 7.72. The van der Waals surface area contributed by atoms with Gasteiger partial charge >= 0.3 is 0 Å². The number of carbonyl (C=O) groups is 2. The molecule has 3 atom stereocenters. The number of halogens is 2. The third-order valence-electron chi connectivity index (χ3n) is 5.57. The highest BCUT2D eigenvalue weighted by Crippen LogP contribution is 2.49. The Morgan fingerprint density at radius 1 is 1.27 bits per heavy atom. The molecule has 0 saturated carbocycles. The van der Waals surface area contributed by atoms with Crippen LogP contribution in [0.3, 0.4) is 0 Å². The van der Waals surface area contributed by atoms with Crippen LogP contribution in [0.1, 0.15) is 42.7 Å². The van der Waals surface area contributed by atoms with E-state index in [1.165, 1.54) is 31.5 Å². The average molecular weight is 419 g/mol.